The summed E-state index contributed by atoms with van der Waals surface area (Å²) in [4.78, 5) is 7.85. The zero-order valence-electron chi connectivity index (χ0n) is 16.1. The minimum Gasteiger partial charge on any atom is -0.251 e. The van der Waals surface area contributed by atoms with Gasteiger partial charge in [0.2, 0.25) is 0 Å². The molecule has 2 aliphatic heterocycles. The fraction of sp³-hybridized carbons (Fsp3) is 0.240. The first-order valence-corrected chi connectivity index (χ1v) is 11.7. The average molecular weight is 402 g/mol. The van der Waals surface area contributed by atoms with Crippen molar-refractivity contribution in [2.24, 2.45) is 10.9 Å². The second kappa shape index (κ2) is 7.46. The molecule has 3 aromatic rings. The Kier molecular flexibility index (Phi) is 4.82. The lowest BCUT2D eigenvalue weighted by Crippen LogP contribution is -2.27. The van der Waals surface area contributed by atoms with E-state index in [1.807, 2.05) is 23.5 Å². The zero-order valence-corrected chi connectivity index (χ0v) is 17.8. The molecule has 5 rings (SSSR count). The molecule has 0 aliphatic carbocycles. The van der Waals surface area contributed by atoms with E-state index in [2.05, 4.69) is 86.6 Å². The van der Waals surface area contributed by atoms with Gasteiger partial charge in [-0.15, -0.1) is 23.5 Å². The highest BCUT2D eigenvalue weighted by Crippen LogP contribution is 2.51. The van der Waals surface area contributed by atoms with E-state index in [-0.39, 0.29) is 0 Å². The molecule has 0 unspecified atom stereocenters. The molecule has 0 bridgehead atoms. The van der Waals surface area contributed by atoms with E-state index in [9.17, 15) is 0 Å². The molecule has 0 saturated heterocycles. The molecule has 0 amide bonds. The second-order valence-electron chi connectivity index (χ2n) is 7.74. The SMILES string of the molecule is CC(C)c1ccc([C@H]2Sc3ccccc3N=C3c4ccccc4SC[C@H]32)cc1. The van der Waals surface area contributed by atoms with Crippen molar-refractivity contribution in [3.63, 3.8) is 0 Å². The third-order valence-corrected chi connectivity index (χ3v) is 8.24. The van der Waals surface area contributed by atoms with Gasteiger partial charge in [0.25, 0.3) is 0 Å². The van der Waals surface area contributed by atoms with Crippen LogP contribution in [0.5, 0.6) is 0 Å². The van der Waals surface area contributed by atoms with Crippen LogP contribution in [-0.2, 0) is 0 Å². The van der Waals surface area contributed by atoms with Crippen molar-refractivity contribution in [2.45, 2.75) is 34.8 Å². The number of fused-ring (bicyclic) bond motifs is 4. The van der Waals surface area contributed by atoms with Gasteiger partial charge in [-0.25, -0.2) is 0 Å². The molecule has 0 N–H and O–H groups in total. The highest BCUT2D eigenvalue weighted by atomic mass is 32.2. The Hall–Kier alpha value is -1.97. The minimum absolute atomic E-state index is 0.379. The molecule has 2 heterocycles. The molecule has 1 nitrogen and oxygen atoms in total. The Labute approximate surface area is 175 Å². The maximum Gasteiger partial charge on any atom is 0.0769 e. The van der Waals surface area contributed by atoms with Crippen LogP contribution < -0.4 is 0 Å². The fourth-order valence-corrected chi connectivity index (χ4v) is 6.69. The highest BCUT2D eigenvalue weighted by Gasteiger charge is 2.36. The summed E-state index contributed by atoms with van der Waals surface area (Å²) >= 11 is 3.95. The van der Waals surface area contributed by atoms with Crippen LogP contribution in [0.15, 0.2) is 87.6 Å². The van der Waals surface area contributed by atoms with Crippen molar-refractivity contribution in [2.75, 3.05) is 5.75 Å². The highest BCUT2D eigenvalue weighted by molar-refractivity contribution is 8.00. The smallest absolute Gasteiger partial charge is 0.0769 e. The Morgan fingerprint density at radius 2 is 1.57 bits per heavy atom. The molecule has 140 valence electrons. The van der Waals surface area contributed by atoms with Crippen molar-refractivity contribution < 1.29 is 0 Å². The molecule has 2 aliphatic rings. The summed E-state index contributed by atoms with van der Waals surface area (Å²) in [5, 5.41) is 0.379. The van der Waals surface area contributed by atoms with Crippen LogP contribution in [-0.4, -0.2) is 11.5 Å². The maximum atomic E-state index is 5.21. The van der Waals surface area contributed by atoms with Gasteiger partial charge in [-0.1, -0.05) is 68.4 Å². The van der Waals surface area contributed by atoms with Crippen LogP contribution in [0.1, 0.15) is 41.7 Å². The van der Waals surface area contributed by atoms with Gasteiger partial charge in [-0.2, -0.15) is 0 Å². The van der Waals surface area contributed by atoms with Gasteiger partial charge >= 0.3 is 0 Å². The molecule has 0 saturated carbocycles. The minimum atomic E-state index is 0.379. The first-order valence-electron chi connectivity index (χ1n) is 9.87. The van der Waals surface area contributed by atoms with Gasteiger partial charge in [0.05, 0.1) is 11.4 Å². The predicted octanol–water partition coefficient (Wildman–Crippen LogP) is 7.50. The normalized spacial score (nSPS) is 20.6. The lowest BCUT2D eigenvalue weighted by Gasteiger charge is -2.31. The van der Waals surface area contributed by atoms with E-state index in [0.717, 1.165) is 11.4 Å². The number of thioether (sulfide) groups is 2. The third kappa shape index (κ3) is 3.21. The van der Waals surface area contributed by atoms with Gasteiger partial charge < -0.3 is 0 Å². The molecule has 0 spiro atoms. The Morgan fingerprint density at radius 3 is 2.36 bits per heavy atom. The number of benzene rings is 3. The van der Waals surface area contributed by atoms with Gasteiger partial charge in [-0.3, -0.25) is 4.99 Å². The van der Waals surface area contributed by atoms with E-state index in [1.165, 1.54) is 32.2 Å². The predicted molar refractivity (Wildman–Crippen MR) is 122 cm³/mol. The summed E-state index contributed by atoms with van der Waals surface area (Å²) in [6.45, 7) is 4.51. The van der Waals surface area contributed by atoms with Gasteiger partial charge in [0.1, 0.15) is 0 Å². The molecule has 3 heteroatoms. The van der Waals surface area contributed by atoms with E-state index in [0.29, 0.717) is 17.1 Å². The van der Waals surface area contributed by atoms with Crippen molar-refractivity contribution in [1.29, 1.82) is 0 Å². The molecule has 2 atom stereocenters. The fourth-order valence-electron chi connectivity index (χ4n) is 4.01. The first kappa shape index (κ1) is 18.1. The van der Waals surface area contributed by atoms with Crippen LogP contribution in [0, 0.1) is 5.92 Å². The van der Waals surface area contributed by atoms with Crippen LogP contribution in [0.4, 0.5) is 5.69 Å². The van der Waals surface area contributed by atoms with Crippen molar-refractivity contribution in [3.8, 4) is 0 Å². The summed E-state index contributed by atoms with van der Waals surface area (Å²) in [5.41, 5.74) is 6.48. The first-order chi connectivity index (χ1) is 13.7. The van der Waals surface area contributed by atoms with Gasteiger partial charge in [0, 0.05) is 32.3 Å². The summed E-state index contributed by atoms with van der Waals surface area (Å²) < 4.78 is 0. The molecular formula is C25H23NS2. The molecule has 0 fully saturated rings. The Morgan fingerprint density at radius 1 is 0.857 bits per heavy atom. The number of nitrogens with zero attached hydrogens (tertiary/aromatic N) is 1. The summed E-state index contributed by atoms with van der Waals surface area (Å²) in [6.07, 6.45) is 0. The molecule has 3 aromatic carbocycles. The van der Waals surface area contributed by atoms with E-state index in [1.54, 1.807) is 0 Å². The lowest BCUT2D eigenvalue weighted by atomic mass is 9.89. The molecule has 0 aromatic heterocycles. The van der Waals surface area contributed by atoms with Gasteiger partial charge in [0.15, 0.2) is 0 Å². The largest absolute Gasteiger partial charge is 0.251 e. The van der Waals surface area contributed by atoms with E-state index in [4.69, 9.17) is 4.99 Å². The van der Waals surface area contributed by atoms with Crippen LogP contribution in [0.2, 0.25) is 0 Å². The average Bonchev–Trinajstić information content (AvgIpc) is 2.91. The molecular weight excluding hydrogens is 378 g/mol. The number of rotatable bonds is 2. The maximum absolute atomic E-state index is 5.21. The second-order valence-corrected chi connectivity index (χ2v) is 9.98. The number of aliphatic imine (C=N–C) groups is 1. The molecule has 28 heavy (non-hydrogen) atoms. The molecule has 0 radical (unpaired) electrons. The zero-order chi connectivity index (χ0) is 19.1. The number of para-hydroxylation sites is 1. The summed E-state index contributed by atoms with van der Waals surface area (Å²) in [6, 6.07) is 26.6. The van der Waals surface area contributed by atoms with Gasteiger partial charge in [-0.05, 0) is 35.2 Å². The van der Waals surface area contributed by atoms with Crippen molar-refractivity contribution in [3.05, 3.63) is 89.5 Å². The summed E-state index contributed by atoms with van der Waals surface area (Å²) in [5.74, 6) is 2.04. The van der Waals surface area contributed by atoms with Crippen LogP contribution >= 0.6 is 23.5 Å². The van der Waals surface area contributed by atoms with Crippen molar-refractivity contribution >= 4 is 34.9 Å². The number of hydrogen-bond acceptors (Lipinski definition) is 3. The Bertz CT molecular complexity index is 1040. The van der Waals surface area contributed by atoms with Crippen LogP contribution in [0.3, 0.4) is 0 Å². The van der Waals surface area contributed by atoms with Crippen molar-refractivity contribution in [1.82, 2.24) is 0 Å². The summed E-state index contributed by atoms with van der Waals surface area (Å²) in [7, 11) is 0. The quantitative estimate of drug-likeness (QED) is 0.441. The van der Waals surface area contributed by atoms with E-state index < -0.39 is 0 Å². The topological polar surface area (TPSA) is 12.4 Å². The van der Waals surface area contributed by atoms with E-state index >= 15 is 0 Å². The Balaban J connectivity index is 1.64. The van der Waals surface area contributed by atoms with Crippen LogP contribution in [0.25, 0.3) is 0 Å². The monoisotopic (exact) mass is 401 g/mol. The third-order valence-electron chi connectivity index (χ3n) is 5.59. The lowest BCUT2D eigenvalue weighted by molar-refractivity contribution is 0.754. The number of hydrogen-bond donors (Lipinski definition) is 0. The standard InChI is InChI=1S/C25H23NS2/c1-16(2)17-11-13-18(14-12-17)25-20-15-27-22-9-5-3-7-19(22)24(20)26-21-8-4-6-10-23(21)28-25/h3-14,16,20,25H,15H2,1-2H3/t20-,25-/m1/s1.